The molecule has 0 radical (unpaired) electrons. The number of halogens is 5. The molecule has 0 fully saturated rings. The van der Waals surface area contributed by atoms with Gasteiger partial charge in [0, 0.05) is 16.7 Å². The number of pyridine rings is 1. The van der Waals surface area contributed by atoms with E-state index in [1.54, 1.807) is 18.2 Å². The summed E-state index contributed by atoms with van der Waals surface area (Å²) in [4.78, 5) is 3.60. The molecule has 2 nitrogen and oxygen atoms in total. The maximum atomic E-state index is 12.3. The summed E-state index contributed by atoms with van der Waals surface area (Å²) in [7, 11) is 0. The number of alkyl halides is 3. The zero-order chi connectivity index (χ0) is 14.0. The van der Waals surface area contributed by atoms with E-state index in [4.69, 9.17) is 16.3 Å². The van der Waals surface area contributed by atoms with Gasteiger partial charge in [-0.1, -0.05) is 11.6 Å². The Balaban J connectivity index is 2.17. The molecular weight excluding hydrogens is 346 g/mol. The van der Waals surface area contributed by atoms with E-state index in [0.717, 1.165) is 18.3 Å². The number of hydrogen-bond donors (Lipinski definition) is 0. The molecule has 0 aliphatic rings. The summed E-state index contributed by atoms with van der Waals surface area (Å²) in [6.45, 7) is 0. The lowest BCUT2D eigenvalue weighted by Crippen LogP contribution is -2.05. The molecule has 0 N–H and O–H groups in total. The van der Waals surface area contributed by atoms with E-state index in [0.29, 0.717) is 15.2 Å². The predicted octanol–water partition coefficient (Wildman–Crippen LogP) is 5.31. The summed E-state index contributed by atoms with van der Waals surface area (Å²) >= 11 is 9.03. The molecule has 0 spiro atoms. The van der Waals surface area contributed by atoms with E-state index in [9.17, 15) is 13.2 Å². The fraction of sp³-hybridized carbons (Fsp3) is 0.0833. The van der Waals surface area contributed by atoms with E-state index >= 15 is 0 Å². The second kappa shape index (κ2) is 5.38. The summed E-state index contributed by atoms with van der Waals surface area (Å²) in [6.07, 6.45) is -3.69. The number of benzene rings is 1. The molecule has 2 rings (SSSR count). The molecule has 0 unspecified atom stereocenters. The summed E-state index contributed by atoms with van der Waals surface area (Å²) < 4.78 is 43.0. The largest absolute Gasteiger partial charge is 0.439 e. The van der Waals surface area contributed by atoms with Crippen molar-refractivity contribution in [1.29, 1.82) is 0 Å². The van der Waals surface area contributed by atoms with Crippen LogP contribution < -0.4 is 4.74 Å². The number of hydrogen-bond acceptors (Lipinski definition) is 2. The molecular formula is C12H6BrClF3NO. The Bertz CT molecular complexity index is 587. The average Bonchev–Trinajstić information content (AvgIpc) is 2.33. The van der Waals surface area contributed by atoms with E-state index in [1.807, 2.05) is 0 Å². The Morgan fingerprint density at radius 2 is 1.89 bits per heavy atom. The van der Waals surface area contributed by atoms with Gasteiger partial charge >= 0.3 is 6.18 Å². The van der Waals surface area contributed by atoms with Crippen LogP contribution in [0.5, 0.6) is 11.6 Å². The van der Waals surface area contributed by atoms with E-state index in [2.05, 4.69) is 20.9 Å². The lowest BCUT2D eigenvalue weighted by molar-refractivity contribution is -0.137. The van der Waals surface area contributed by atoms with Crippen molar-refractivity contribution in [3.8, 4) is 11.6 Å². The second-order valence-electron chi connectivity index (χ2n) is 3.56. The van der Waals surface area contributed by atoms with Crippen LogP contribution in [0.4, 0.5) is 13.2 Å². The van der Waals surface area contributed by atoms with Crippen molar-refractivity contribution in [2.45, 2.75) is 6.18 Å². The van der Waals surface area contributed by atoms with Crippen LogP contribution in [0.15, 0.2) is 41.0 Å². The van der Waals surface area contributed by atoms with Gasteiger partial charge in [-0.05, 0) is 40.2 Å². The Hall–Kier alpha value is -1.27. The molecule has 1 aromatic carbocycles. The van der Waals surface area contributed by atoms with Crippen molar-refractivity contribution >= 4 is 27.5 Å². The van der Waals surface area contributed by atoms with Crippen molar-refractivity contribution in [3.05, 3.63) is 51.6 Å². The molecule has 1 heterocycles. The predicted molar refractivity (Wildman–Crippen MR) is 68.5 cm³/mol. The van der Waals surface area contributed by atoms with E-state index in [-0.39, 0.29) is 5.88 Å². The van der Waals surface area contributed by atoms with Crippen LogP contribution >= 0.6 is 27.5 Å². The molecule has 7 heteroatoms. The first-order valence-electron chi connectivity index (χ1n) is 5.02. The molecule has 0 bridgehead atoms. The zero-order valence-corrected chi connectivity index (χ0v) is 11.6. The molecule has 0 aliphatic carbocycles. The van der Waals surface area contributed by atoms with Crippen molar-refractivity contribution in [1.82, 2.24) is 4.98 Å². The number of aromatic nitrogens is 1. The molecule has 0 saturated carbocycles. The van der Waals surface area contributed by atoms with Crippen LogP contribution in [0.3, 0.4) is 0 Å². The van der Waals surface area contributed by atoms with Crippen LogP contribution in [-0.2, 0) is 6.18 Å². The van der Waals surface area contributed by atoms with Crippen LogP contribution in [0.1, 0.15) is 5.56 Å². The molecule has 2 aromatic rings. The van der Waals surface area contributed by atoms with Gasteiger partial charge in [-0.15, -0.1) is 0 Å². The Morgan fingerprint density at radius 3 is 2.42 bits per heavy atom. The van der Waals surface area contributed by atoms with Crippen LogP contribution in [0.25, 0.3) is 0 Å². The van der Waals surface area contributed by atoms with Crippen molar-refractivity contribution in [3.63, 3.8) is 0 Å². The summed E-state index contributed by atoms with van der Waals surface area (Å²) in [5.41, 5.74) is -0.822. The van der Waals surface area contributed by atoms with Crippen molar-refractivity contribution in [2.75, 3.05) is 0 Å². The highest BCUT2D eigenvalue weighted by atomic mass is 79.9. The van der Waals surface area contributed by atoms with Gasteiger partial charge in [-0.3, -0.25) is 0 Å². The highest BCUT2D eigenvalue weighted by Crippen LogP contribution is 2.31. The lowest BCUT2D eigenvalue weighted by atomic mass is 10.3. The fourth-order valence-electron chi connectivity index (χ4n) is 1.27. The topological polar surface area (TPSA) is 22.1 Å². The molecule has 0 saturated heterocycles. The highest BCUT2D eigenvalue weighted by molar-refractivity contribution is 9.10. The number of nitrogens with zero attached hydrogens (tertiary/aromatic N) is 1. The van der Waals surface area contributed by atoms with Gasteiger partial charge < -0.3 is 4.74 Å². The number of ether oxygens (including phenoxy) is 1. The van der Waals surface area contributed by atoms with Gasteiger partial charge in [0.1, 0.15) is 5.75 Å². The molecule has 19 heavy (non-hydrogen) atoms. The lowest BCUT2D eigenvalue weighted by Gasteiger charge is -2.08. The first kappa shape index (κ1) is 14.1. The third-order valence-corrected chi connectivity index (χ3v) is 3.39. The fourth-order valence-corrected chi connectivity index (χ4v) is 1.74. The first-order valence-corrected chi connectivity index (χ1v) is 6.19. The van der Waals surface area contributed by atoms with Crippen LogP contribution in [-0.4, -0.2) is 4.98 Å². The Kier molecular flexibility index (Phi) is 4.01. The van der Waals surface area contributed by atoms with Gasteiger partial charge in [0.15, 0.2) is 0 Å². The third kappa shape index (κ3) is 3.61. The maximum absolute atomic E-state index is 12.3. The highest BCUT2D eigenvalue weighted by Gasteiger charge is 2.30. The minimum atomic E-state index is -4.41. The smallest absolute Gasteiger partial charge is 0.417 e. The quantitative estimate of drug-likeness (QED) is 0.731. The van der Waals surface area contributed by atoms with Crippen LogP contribution in [0, 0.1) is 0 Å². The molecule has 1 aromatic heterocycles. The van der Waals surface area contributed by atoms with Crippen molar-refractivity contribution < 1.29 is 17.9 Å². The Morgan fingerprint density at radius 1 is 1.16 bits per heavy atom. The van der Waals surface area contributed by atoms with E-state index in [1.165, 1.54) is 0 Å². The Labute approximate surface area is 120 Å². The third-order valence-electron chi connectivity index (χ3n) is 2.18. The summed E-state index contributed by atoms with van der Waals surface area (Å²) in [5.74, 6) is 0.491. The molecule has 0 amide bonds. The minimum Gasteiger partial charge on any atom is -0.439 e. The standard InChI is InChI=1S/C12H6BrClF3NO/c13-9-5-8(2-3-10(9)14)19-11-4-1-7(6-18-11)12(15,16)17/h1-6H. The SMILES string of the molecule is FC(F)(F)c1ccc(Oc2ccc(Cl)c(Br)c2)nc1. The van der Waals surface area contributed by atoms with Crippen molar-refractivity contribution in [2.24, 2.45) is 0 Å². The minimum absolute atomic E-state index is 0.0715. The normalized spacial score (nSPS) is 11.4. The van der Waals surface area contributed by atoms with Crippen LogP contribution in [0.2, 0.25) is 5.02 Å². The van der Waals surface area contributed by atoms with E-state index < -0.39 is 11.7 Å². The molecule has 0 atom stereocenters. The molecule has 100 valence electrons. The summed E-state index contributed by atoms with van der Waals surface area (Å²) in [6, 6.07) is 6.86. The monoisotopic (exact) mass is 351 g/mol. The van der Waals surface area contributed by atoms with Gasteiger partial charge in [-0.2, -0.15) is 13.2 Å². The van der Waals surface area contributed by atoms with Gasteiger partial charge in [0.2, 0.25) is 5.88 Å². The summed E-state index contributed by atoms with van der Waals surface area (Å²) in [5, 5.41) is 0.507. The zero-order valence-electron chi connectivity index (χ0n) is 9.21. The molecule has 0 aliphatic heterocycles. The van der Waals surface area contributed by atoms with Gasteiger partial charge in [0.05, 0.1) is 10.6 Å². The number of rotatable bonds is 2. The second-order valence-corrected chi connectivity index (χ2v) is 4.82. The first-order chi connectivity index (χ1) is 8.86. The van der Waals surface area contributed by atoms with Gasteiger partial charge in [0.25, 0.3) is 0 Å². The van der Waals surface area contributed by atoms with Gasteiger partial charge in [-0.25, -0.2) is 4.98 Å². The maximum Gasteiger partial charge on any atom is 0.417 e. The average molecular weight is 353 g/mol.